The first-order valence-electron chi connectivity index (χ1n) is 18.5. The highest BCUT2D eigenvalue weighted by Gasteiger charge is 2.20. The van der Waals surface area contributed by atoms with Crippen LogP contribution in [0.5, 0.6) is 0 Å². The van der Waals surface area contributed by atoms with Crippen LogP contribution in [0.25, 0.3) is 87.3 Å². The van der Waals surface area contributed by atoms with Gasteiger partial charge in [0.2, 0.25) is 0 Å². The Morgan fingerprint density at radius 1 is 0.315 bits per heavy atom. The lowest BCUT2D eigenvalue weighted by Crippen LogP contribution is -2.11. The van der Waals surface area contributed by atoms with Crippen molar-refractivity contribution in [3.63, 3.8) is 0 Å². The van der Waals surface area contributed by atoms with E-state index in [9.17, 15) is 0 Å². The minimum absolute atomic E-state index is 0.868. The second-order valence-corrected chi connectivity index (χ2v) is 14.1. The van der Waals surface area contributed by atoms with Crippen molar-refractivity contribution < 1.29 is 4.42 Å². The SMILES string of the molecule is c1ccc(-c2ccccc2N(c2ccc(-c3cccc4c3ccc3ccc5ccccc5c34)cc2)c2ccc3c(c2)oc2cc4ccccc4cc23)cc1. The largest absolute Gasteiger partial charge is 0.456 e. The maximum absolute atomic E-state index is 6.59. The third-order valence-corrected chi connectivity index (χ3v) is 11.0. The molecule has 0 aliphatic carbocycles. The summed E-state index contributed by atoms with van der Waals surface area (Å²) in [5.41, 5.74) is 9.70. The smallest absolute Gasteiger partial charge is 0.137 e. The van der Waals surface area contributed by atoms with Crippen LogP contribution in [-0.4, -0.2) is 0 Å². The molecule has 0 N–H and O–H groups in total. The van der Waals surface area contributed by atoms with Gasteiger partial charge < -0.3 is 9.32 Å². The number of anilines is 3. The third-order valence-electron chi connectivity index (χ3n) is 11.0. The van der Waals surface area contributed by atoms with Crippen molar-refractivity contribution in [2.45, 2.75) is 0 Å². The topological polar surface area (TPSA) is 16.4 Å². The number of para-hydroxylation sites is 1. The predicted octanol–water partition coefficient (Wildman–Crippen LogP) is 15.0. The maximum atomic E-state index is 6.59. The monoisotopic (exact) mass is 687 g/mol. The van der Waals surface area contributed by atoms with Crippen molar-refractivity contribution in [3.05, 3.63) is 200 Å². The molecule has 0 aliphatic rings. The van der Waals surface area contributed by atoms with E-state index < -0.39 is 0 Å². The number of fused-ring (bicyclic) bond motifs is 9. The molecule has 0 amide bonds. The van der Waals surface area contributed by atoms with E-state index in [1.807, 2.05) is 0 Å². The molecule has 252 valence electrons. The number of hydrogen-bond acceptors (Lipinski definition) is 2. The summed E-state index contributed by atoms with van der Waals surface area (Å²) < 4.78 is 6.59. The van der Waals surface area contributed by atoms with Gasteiger partial charge >= 0.3 is 0 Å². The van der Waals surface area contributed by atoms with Crippen molar-refractivity contribution in [2.75, 3.05) is 4.90 Å². The van der Waals surface area contributed by atoms with Crippen LogP contribution in [0.1, 0.15) is 0 Å². The Morgan fingerprint density at radius 3 is 1.80 bits per heavy atom. The fourth-order valence-electron chi connectivity index (χ4n) is 8.45. The zero-order valence-electron chi connectivity index (χ0n) is 29.4. The van der Waals surface area contributed by atoms with Crippen molar-refractivity contribution in [3.8, 4) is 22.3 Å². The van der Waals surface area contributed by atoms with Gasteiger partial charge in [-0.1, -0.05) is 152 Å². The molecule has 0 aliphatic heterocycles. The molecule has 0 fully saturated rings. The van der Waals surface area contributed by atoms with Crippen LogP contribution < -0.4 is 4.90 Å². The molecule has 11 rings (SSSR count). The zero-order valence-corrected chi connectivity index (χ0v) is 29.4. The highest BCUT2D eigenvalue weighted by molar-refractivity contribution is 6.22. The van der Waals surface area contributed by atoms with Crippen LogP contribution in [0.2, 0.25) is 0 Å². The Morgan fingerprint density at radius 2 is 0.926 bits per heavy atom. The molecule has 0 radical (unpaired) electrons. The fraction of sp³-hybridized carbons (Fsp3) is 0. The van der Waals surface area contributed by atoms with E-state index >= 15 is 0 Å². The molecule has 0 atom stereocenters. The minimum Gasteiger partial charge on any atom is -0.456 e. The first-order valence-corrected chi connectivity index (χ1v) is 18.5. The van der Waals surface area contributed by atoms with Crippen LogP contribution >= 0.6 is 0 Å². The minimum atomic E-state index is 0.868. The summed E-state index contributed by atoms with van der Waals surface area (Å²) in [6.45, 7) is 0. The van der Waals surface area contributed by atoms with E-state index in [-0.39, 0.29) is 0 Å². The molecule has 10 aromatic carbocycles. The van der Waals surface area contributed by atoms with Crippen LogP contribution in [0.15, 0.2) is 205 Å². The summed E-state index contributed by atoms with van der Waals surface area (Å²) in [6.07, 6.45) is 0. The molecule has 0 saturated carbocycles. The number of rotatable bonds is 5. The lowest BCUT2D eigenvalue weighted by Gasteiger charge is -2.28. The van der Waals surface area contributed by atoms with Gasteiger partial charge in [-0.05, 0) is 102 Å². The molecule has 1 heterocycles. The van der Waals surface area contributed by atoms with Gasteiger partial charge in [0.15, 0.2) is 0 Å². The highest BCUT2D eigenvalue weighted by Crippen LogP contribution is 2.44. The Bertz CT molecular complexity index is 3210. The number of furan rings is 1. The zero-order chi connectivity index (χ0) is 35.6. The average molecular weight is 688 g/mol. The molecule has 2 nitrogen and oxygen atoms in total. The predicted molar refractivity (Wildman–Crippen MR) is 229 cm³/mol. The maximum Gasteiger partial charge on any atom is 0.137 e. The average Bonchev–Trinajstić information content (AvgIpc) is 3.59. The van der Waals surface area contributed by atoms with Crippen molar-refractivity contribution >= 4 is 82.1 Å². The van der Waals surface area contributed by atoms with Crippen LogP contribution in [0.3, 0.4) is 0 Å². The van der Waals surface area contributed by atoms with E-state index in [0.717, 1.165) is 44.6 Å². The van der Waals surface area contributed by atoms with Gasteiger partial charge in [0.05, 0.1) is 5.69 Å². The second kappa shape index (κ2) is 12.2. The Balaban J connectivity index is 1.08. The summed E-state index contributed by atoms with van der Waals surface area (Å²) in [4.78, 5) is 2.36. The molecule has 0 saturated heterocycles. The normalized spacial score (nSPS) is 11.7. The molecule has 54 heavy (non-hydrogen) atoms. The van der Waals surface area contributed by atoms with Gasteiger partial charge in [-0.15, -0.1) is 0 Å². The Labute approximate surface area is 312 Å². The van der Waals surface area contributed by atoms with E-state index in [1.54, 1.807) is 0 Å². The molecule has 0 unspecified atom stereocenters. The van der Waals surface area contributed by atoms with E-state index in [1.165, 1.54) is 59.8 Å². The summed E-state index contributed by atoms with van der Waals surface area (Å²) in [6, 6.07) is 72.2. The van der Waals surface area contributed by atoms with Crippen LogP contribution in [0.4, 0.5) is 17.1 Å². The second-order valence-electron chi connectivity index (χ2n) is 14.1. The summed E-state index contributed by atoms with van der Waals surface area (Å²) in [7, 11) is 0. The van der Waals surface area contributed by atoms with E-state index in [2.05, 4.69) is 205 Å². The van der Waals surface area contributed by atoms with Crippen LogP contribution in [0, 0.1) is 0 Å². The Kier molecular flexibility index (Phi) is 6.90. The lowest BCUT2D eigenvalue weighted by molar-refractivity contribution is 0.669. The summed E-state index contributed by atoms with van der Waals surface area (Å²) >= 11 is 0. The first-order chi connectivity index (χ1) is 26.8. The molecule has 0 spiro atoms. The molecular weight excluding hydrogens is 655 g/mol. The lowest BCUT2D eigenvalue weighted by atomic mass is 9.92. The van der Waals surface area contributed by atoms with Gasteiger partial charge in [-0.2, -0.15) is 0 Å². The quantitative estimate of drug-likeness (QED) is 0.168. The molecule has 1 aromatic heterocycles. The summed E-state index contributed by atoms with van der Waals surface area (Å²) in [5.74, 6) is 0. The van der Waals surface area contributed by atoms with Crippen LogP contribution in [-0.2, 0) is 0 Å². The van der Waals surface area contributed by atoms with E-state index in [4.69, 9.17) is 4.42 Å². The van der Waals surface area contributed by atoms with Gasteiger partial charge in [0, 0.05) is 33.8 Å². The van der Waals surface area contributed by atoms with E-state index in [0.29, 0.717) is 0 Å². The van der Waals surface area contributed by atoms with Gasteiger partial charge in [0.25, 0.3) is 0 Å². The molecule has 2 heteroatoms. The van der Waals surface area contributed by atoms with Gasteiger partial charge in [-0.3, -0.25) is 0 Å². The number of nitrogens with zero attached hydrogens (tertiary/aromatic N) is 1. The summed E-state index contributed by atoms with van der Waals surface area (Å²) in [5, 5.41) is 12.3. The highest BCUT2D eigenvalue weighted by atomic mass is 16.3. The Hall–Kier alpha value is -7.16. The third kappa shape index (κ3) is 4.88. The molecule has 0 bridgehead atoms. The molecule has 11 aromatic rings. The van der Waals surface area contributed by atoms with Crippen molar-refractivity contribution in [1.29, 1.82) is 0 Å². The van der Waals surface area contributed by atoms with Gasteiger partial charge in [-0.25, -0.2) is 0 Å². The van der Waals surface area contributed by atoms with Crippen molar-refractivity contribution in [2.24, 2.45) is 0 Å². The number of benzene rings is 10. The standard InChI is InChI=1S/C52H33NO/c1-2-11-34(12-3-1)43-16-8-9-20-49(43)53(41-28-30-46-48-31-38-14-4-5-15-39(38)32-50(48)54-51(46)33-41)40-26-23-36(24-27-40)42-18-10-19-47-45(42)29-25-37-22-21-35-13-6-7-17-44(35)52(37)47/h1-33H. The molecular formula is C52H33NO. The van der Waals surface area contributed by atoms with Crippen molar-refractivity contribution in [1.82, 2.24) is 0 Å². The number of hydrogen-bond donors (Lipinski definition) is 0. The first kappa shape index (κ1) is 30.5. The fourth-order valence-corrected chi connectivity index (χ4v) is 8.45. The van der Waals surface area contributed by atoms with Gasteiger partial charge in [0.1, 0.15) is 11.2 Å².